The highest BCUT2D eigenvalue weighted by Gasteiger charge is 2.60. The van der Waals surface area contributed by atoms with Gasteiger partial charge < -0.3 is 9.47 Å². The van der Waals surface area contributed by atoms with Crippen molar-refractivity contribution in [1.82, 2.24) is 0 Å². The molecule has 1 fully saturated rings. The zero-order valence-corrected chi connectivity index (χ0v) is 11.6. The molecular weight excluding hydrogens is 288 g/mol. The van der Waals surface area contributed by atoms with Crippen molar-refractivity contribution in [3.05, 3.63) is 10.6 Å². The first-order valence-corrected chi connectivity index (χ1v) is 6.29. The van der Waals surface area contributed by atoms with E-state index in [-0.39, 0.29) is 23.4 Å². The van der Waals surface area contributed by atoms with Crippen LogP contribution in [0, 0.1) is 17.8 Å². The van der Waals surface area contributed by atoms with E-state index in [9.17, 15) is 9.59 Å². The van der Waals surface area contributed by atoms with Crippen LogP contribution in [-0.4, -0.2) is 31.6 Å². The molecular formula is C12H15BrO4. The molecule has 0 aromatic heterocycles. The van der Waals surface area contributed by atoms with Crippen molar-refractivity contribution in [2.75, 3.05) is 14.2 Å². The van der Waals surface area contributed by atoms with Crippen molar-refractivity contribution in [3.8, 4) is 0 Å². The Morgan fingerprint density at radius 2 is 2.06 bits per heavy atom. The predicted molar refractivity (Wildman–Crippen MR) is 64.5 cm³/mol. The summed E-state index contributed by atoms with van der Waals surface area (Å²) in [6.45, 7) is 1.53. The fourth-order valence-corrected chi connectivity index (χ4v) is 3.68. The molecule has 0 aliphatic heterocycles. The summed E-state index contributed by atoms with van der Waals surface area (Å²) in [4.78, 5) is 23.9. The molecule has 3 rings (SSSR count). The Labute approximate surface area is 108 Å². The minimum atomic E-state index is -1.23. The molecule has 0 unspecified atom stereocenters. The number of hydrogen-bond acceptors (Lipinski definition) is 4. The van der Waals surface area contributed by atoms with Crippen LogP contribution in [0.3, 0.4) is 0 Å². The average molecular weight is 303 g/mol. The van der Waals surface area contributed by atoms with E-state index >= 15 is 0 Å². The van der Waals surface area contributed by atoms with Gasteiger partial charge in [0.1, 0.15) is 5.78 Å². The van der Waals surface area contributed by atoms with Gasteiger partial charge in [-0.05, 0) is 13.3 Å². The van der Waals surface area contributed by atoms with E-state index in [4.69, 9.17) is 9.47 Å². The van der Waals surface area contributed by atoms with E-state index in [0.29, 0.717) is 6.42 Å². The highest BCUT2D eigenvalue weighted by molar-refractivity contribution is 9.11. The third kappa shape index (κ3) is 1.63. The molecule has 0 spiro atoms. The van der Waals surface area contributed by atoms with Gasteiger partial charge in [-0.1, -0.05) is 22.0 Å². The second-order valence-electron chi connectivity index (χ2n) is 4.52. The molecule has 0 aromatic rings. The number of ether oxygens (including phenoxy) is 2. The number of ketones is 2. The third-order valence-electron chi connectivity index (χ3n) is 3.83. The monoisotopic (exact) mass is 302 g/mol. The van der Waals surface area contributed by atoms with Crippen LogP contribution in [0.2, 0.25) is 0 Å². The van der Waals surface area contributed by atoms with E-state index in [0.717, 1.165) is 4.48 Å². The van der Waals surface area contributed by atoms with Crippen molar-refractivity contribution in [2.45, 2.75) is 19.1 Å². The SMILES string of the molecule is COC1(OC)C(=O)[C@H]2C=C(Br)[C@H]1C[C@H]2C(C)=O. The summed E-state index contributed by atoms with van der Waals surface area (Å²) in [7, 11) is 2.93. The number of allylic oxidation sites excluding steroid dienone is 1. The Balaban J connectivity index is 2.47. The van der Waals surface area contributed by atoms with Gasteiger partial charge in [-0.3, -0.25) is 9.59 Å². The van der Waals surface area contributed by atoms with E-state index < -0.39 is 11.7 Å². The Hall–Kier alpha value is -0.520. The molecule has 0 N–H and O–H groups in total. The number of Topliss-reactive ketones (excluding diaryl/α,β-unsaturated/α-hetero) is 2. The summed E-state index contributed by atoms with van der Waals surface area (Å²) in [5.74, 6) is -2.25. The minimum Gasteiger partial charge on any atom is -0.346 e. The normalized spacial score (nSPS) is 34.7. The van der Waals surface area contributed by atoms with Gasteiger partial charge in [-0.15, -0.1) is 0 Å². The largest absolute Gasteiger partial charge is 0.346 e. The molecule has 17 heavy (non-hydrogen) atoms. The van der Waals surface area contributed by atoms with Crippen LogP contribution in [0.25, 0.3) is 0 Å². The van der Waals surface area contributed by atoms with Gasteiger partial charge in [-0.2, -0.15) is 0 Å². The fourth-order valence-electron chi connectivity index (χ4n) is 2.90. The summed E-state index contributed by atoms with van der Waals surface area (Å²) in [6.07, 6.45) is 2.41. The number of rotatable bonds is 3. The number of carbonyl (C=O) groups excluding carboxylic acids is 2. The van der Waals surface area contributed by atoms with E-state index in [1.807, 2.05) is 6.08 Å². The van der Waals surface area contributed by atoms with E-state index in [1.54, 1.807) is 0 Å². The standard InChI is InChI=1S/C12H15BrO4/c1-6(14)7-4-9-10(13)5-8(7)11(15)12(9,16-2)17-3/h5,7-9H,4H2,1-3H3/t7-,8-,9+/m0/s1. The van der Waals surface area contributed by atoms with Gasteiger partial charge in [-0.25, -0.2) is 0 Å². The molecule has 0 saturated heterocycles. The molecule has 3 atom stereocenters. The maximum Gasteiger partial charge on any atom is 0.236 e. The summed E-state index contributed by atoms with van der Waals surface area (Å²) < 4.78 is 11.5. The van der Waals surface area contributed by atoms with Crippen LogP contribution < -0.4 is 0 Å². The molecule has 1 saturated carbocycles. The fraction of sp³-hybridized carbons (Fsp3) is 0.667. The van der Waals surface area contributed by atoms with Gasteiger partial charge in [0.15, 0.2) is 5.78 Å². The predicted octanol–water partition coefficient (Wildman–Crippen LogP) is 1.68. The molecule has 0 radical (unpaired) electrons. The van der Waals surface area contributed by atoms with Crippen LogP contribution in [0.5, 0.6) is 0 Å². The number of halogens is 1. The Morgan fingerprint density at radius 3 is 2.53 bits per heavy atom. The summed E-state index contributed by atoms with van der Waals surface area (Å²) in [5.41, 5.74) is 0. The highest BCUT2D eigenvalue weighted by Crippen LogP contribution is 2.51. The molecule has 4 nitrogen and oxygen atoms in total. The second kappa shape index (κ2) is 4.30. The van der Waals surface area contributed by atoms with Gasteiger partial charge in [0.25, 0.3) is 0 Å². The maximum atomic E-state index is 12.4. The smallest absolute Gasteiger partial charge is 0.236 e. The number of carbonyl (C=O) groups is 2. The van der Waals surface area contributed by atoms with Crippen molar-refractivity contribution >= 4 is 27.5 Å². The number of hydrogen-bond donors (Lipinski definition) is 0. The topological polar surface area (TPSA) is 52.6 Å². The van der Waals surface area contributed by atoms with Gasteiger partial charge in [0.2, 0.25) is 5.79 Å². The Morgan fingerprint density at radius 1 is 1.47 bits per heavy atom. The van der Waals surface area contributed by atoms with Crippen molar-refractivity contribution in [1.29, 1.82) is 0 Å². The van der Waals surface area contributed by atoms with Gasteiger partial charge >= 0.3 is 0 Å². The van der Waals surface area contributed by atoms with Crippen LogP contribution in [0.1, 0.15) is 13.3 Å². The first-order valence-electron chi connectivity index (χ1n) is 5.50. The highest BCUT2D eigenvalue weighted by atomic mass is 79.9. The summed E-state index contributed by atoms with van der Waals surface area (Å²) in [6, 6.07) is 0. The molecule has 3 aliphatic carbocycles. The summed E-state index contributed by atoms with van der Waals surface area (Å²) in [5, 5.41) is 0. The summed E-state index contributed by atoms with van der Waals surface area (Å²) >= 11 is 3.44. The average Bonchev–Trinajstić information content (AvgIpc) is 2.31. The zero-order valence-electron chi connectivity index (χ0n) is 10.0. The lowest BCUT2D eigenvalue weighted by Crippen LogP contribution is -2.60. The number of methoxy groups -OCH3 is 2. The second-order valence-corrected chi connectivity index (χ2v) is 5.44. The Kier molecular flexibility index (Phi) is 3.27. The van der Waals surface area contributed by atoms with Gasteiger partial charge in [0.05, 0.1) is 11.8 Å². The van der Waals surface area contributed by atoms with Crippen LogP contribution in [0.15, 0.2) is 10.6 Å². The molecule has 3 aliphatic rings. The molecule has 94 valence electrons. The molecule has 0 heterocycles. The maximum absolute atomic E-state index is 12.4. The molecule has 2 bridgehead atoms. The quantitative estimate of drug-likeness (QED) is 0.744. The zero-order chi connectivity index (χ0) is 12.8. The first-order chi connectivity index (χ1) is 7.97. The van der Waals surface area contributed by atoms with Crippen LogP contribution in [-0.2, 0) is 19.1 Å². The van der Waals surface area contributed by atoms with Crippen LogP contribution >= 0.6 is 15.9 Å². The van der Waals surface area contributed by atoms with Crippen molar-refractivity contribution < 1.29 is 19.1 Å². The molecule has 5 heteroatoms. The molecule has 0 aromatic carbocycles. The Bertz CT molecular complexity index is 397. The minimum absolute atomic E-state index is 0.0467. The van der Waals surface area contributed by atoms with E-state index in [2.05, 4.69) is 15.9 Å². The van der Waals surface area contributed by atoms with Crippen molar-refractivity contribution in [2.24, 2.45) is 17.8 Å². The lowest BCUT2D eigenvalue weighted by molar-refractivity contribution is -0.239. The lowest BCUT2D eigenvalue weighted by Gasteiger charge is -2.48. The van der Waals surface area contributed by atoms with Crippen LogP contribution in [0.4, 0.5) is 0 Å². The van der Waals surface area contributed by atoms with Crippen molar-refractivity contribution in [3.63, 3.8) is 0 Å². The van der Waals surface area contributed by atoms with Gasteiger partial charge in [0, 0.05) is 24.6 Å². The third-order valence-corrected chi connectivity index (χ3v) is 4.65. The first kappa shape index (κ1) is 12.9. The lowest BCUT2D eigenvalue weighted by atomic mass is 9.63. The number of fused-ring (bicyclic) bond motifs is 2. The van der Waals surface area contributed by atoms with E-state index in [1.165, 1.54) is 21.1 Å². The molecule has 0 amide bonds.